The van der Waals surface area contributed by atoms with Gasteiger partial charge in [0.05, 0.1) is 18.4 Å². The van der Waals surface area contributed by atoms with Gasteiger partial charge in [0.25, 0.3) is 0 Å². The summed E-state index contributed by atoms with van der Waals surface area (Å²) >= 11 is 0. The van der Waals surface area contributed by atoms with Crippen molar-refractivity contribution in [3.63, 3.8) is 0 Å². The third-order valence-corrected chi connectivity index (χ3v) is 2.78. The SMILES string of the molecule is CCc1nn(C)c2c(OC)cc(C(=O)O)cc12. The van der Waals surface area contributed by atoms with Crippen LogP contribution >= 0.6 is 0 Å². The molecule has 0 aliphatic rings. The molecule has 0 fully saturated rings. The molecule has 1 N–H and O–H groups in total. The Morgan fingerprint density at radius 1 is 1.53 bits per heavy atom. The van der Waals surface area contributed by atoms with Crippen molar-refractivity contribution < 1.29 is 14.6 Å². The Bertz CT molecular complexity index is 587. The highest BCUT2D eigenvalue weighted by molar-refractivity contribution is 5.97. The van der Waals surface area contributed by atoms with E-state index in [0.717, 1.165) is 23.0 Å². The molecule has 0 saturated carbocycles. The molecule has 1 aromatic heterocycles. The molecule has 0 saturated heterocycles. The summed E-state index contributed by atoms with van der Waals surface area (Å²) in [6.45, 7) is 1.99. The van der Waals surface area contributed by atoms with Gasteiger partial charge in [-0.05, 0) is 18.6 Å². The van der Waals surface area contributed by atoms with E-state index in [1.165, 1.54) is 13.2 Å². The second-order valence-corrected chi connectivity index (χ2v) is 3.80. The molecule has 5 nitrogen and oxygen atoms in total. The Hall–Kier alpha value is -2.04. The van der Waals surface area contributed by atoms with Crippen LogP contribution in [0, 0.1) is 0 Å². The minimum atomic E-state index is -0.962. The van der Waals surface area contributed by atoms with Crippen molar-refractivity contribution in [1.82, 2.24) is 9.78 Å². The molecular formula is C12H14N2O3. The molecule has 2 rings (SSSR count). The average Bonchev–Trinajstić information content (AvgIpc) is 2.65. The van der Waals surface area contributed by atoms with Gasteiger partial charge in [-0.25, -0.2) is 4.79 Å². The van der Waals surface area contributed by atoms with Gasteiger partial charge < -0.3 is 9.84 Å². The topological polar surface area (TPSA) is 64.4 Å². The lowest BCUT2D eigenvalue weighted by Gasteiger charge is -2.05. The molecule has 0 amide bonds. The second-order valence-electron chi connectivity index (χ2n) is 3.80. The van der Waals surface area contributed by atoms with Gasteiger partial charge in [0, 0.05) is 12.4 Å². The quantitative estimate of drug-likeness (QED) is 0.880. The molecule has 90 valence electrons. The number of benzene rings is 1. The first kappa shape index (κ1) is 11.4. The molecule has 0 unspecified atom stereocenters. The van der Waals surface area contributed by atoms with Gasteiger partial charge in [-0.3, -0.25) is 4.68 Å². The van der Waals surface area contributed by atoms with Gasteiger partial charge >= 0.3 is 5.97 Å². The highest BCUT2D eigenvalue weighted by atomic mass is 16.5. The maximum atomic E-state index is 11.0. The first-order chi connectivity index (χ1) is 8.08. The smallest absolute Gasteiger partial charge is 0.335 e. The fourth-order valence-corrected chi connectivity index (χ4v) is 1.99. The third-order valence-electron chi connectivity index (χ3n) is 2.78. The average molecular weight is 234 g/mol. The van der Waals surface area contributed by atoms with Crippen LogP contribution in [0.2, 0.25) is 0 Å². The van der Waals surface area contributed by atoms with E-state index in [1.54, 1.807) is 10.7 Å². The maximum absolute atomic E-state index is 11.0. The molecule has 17 heavy (non-hydrogen) atoms. The van der Waals surface area contributed by atoms with Gasteiger partial charge in [-0.2, -0.15) is 5.10 Å². The Labute approximate surface area is 98.6 Å². The van der Waals surface area contributed by atoms with Crippen molar-refractivity contribution >= 4 is 16.9 Å². The fraction of sp³-hybridized carbons (Fsp3) is 0.333. The number of ether oxygens (including phenoxy) is 1. The van der Waals surface area contributed by atoms with Gasteiger partial charge in [-0.15, -0.1) is 0 Å². The van der Waals surface area contributed by atoms with Crippen LogP contribution in [0.15, 0.2) is 12.1 Å². The molecule has 0 aliphatic heterocycles. The van der Waals surface area contributed by atoms with Gasteiger partial charge in [-0.1, -0.05) is 6.92 Å². The van der Waals surface area contributed by atoms with E-state index in [1.807, 2.05) is 14.0 Å². The van der Waals surface area contributed by atoms with Crippen LogP contribution in [-0.4, -0.2) is 28.0 Å². The zero-order chi connectivity index (χ0) is 12.6. The van der Waals surface area contributed by atoms with Crippen LogP contribution in [0.3, 0.4) is 0 Å². The highest BCUT2D eigenvalue weighted by Crippen LogP contribution is 2.29. The fourth-order valence-electron chi connectivity index (χ4n) is 1.99. The van der Waals surface area contributed by atoms with E-state index in [-0.39, 0.29) is 5.56 Å². The van der Waals surface area contributed by atoms with Crippen LogP contribution < -0.4 is 4.74 Å². The molecule has 1 aromatic carbocycles. The van der Waals surface area contributed by atoms with Crippen LogP contribution in [-0.2, 0) is 13.5 Å². The zero-order valence-electron chi connectivity index (χ0n) is 10.0. The summed E-state index contributed by atoms with van der Waals surface area (Å²) in [6.07, 6.45) is 0.754. The molecule has 0 spiro atoms. The van der Waals surface area contributed by atoms with Crippen molar-refractivity contribution in [3.05, 3.63) is 23.4 Å². The number of hydrogen-bond donors (Lipinski definition) is 1. The number of carboxylic acids is 1. The predicted octanol–water partition coefficient (Wildman–Crippen LogP) is 1.84. The maximum Gasteiger partial charge on any atom is 0.335 e. The second kappa shape index (κ2) is 4.08. The van der Waals surface area contributed by atoms with E-state index in [0.29, 0.717) is 5.75 Å². The van der Waals surface area contributed by atoms with Gasteiger partial charge in [0.1, 0.15) is 11.3 Å². The number of methoxy groups -OCH3 is 1. The normalized spacial score (nSPS) is 10.8. The number of aromatic carboxylic acids is 1. The molecule has 0 atom stereocenters. The Morgan fingerprint density at radius 3 is 2.76 bits per heavy atom. The van der Waals surface area contributed by atoms with Crippen molar-refractivity contribution in [1.29, 1.82) is 0 Å². The van der Waals surface area contributed by atoms with Crippen LogP contribution in [0.1, 0.15) is 23.0 Å². The largest absolute Gasteiger partial charge is 0.494 e. The van der Waals surface area contributed by atoms with Crippen LogP contribution in [0.25, 0.3) is 10.9 Å². The number of nitrogens with zero attached hydrogens (tertiary/aromatic N) is 2. The number of hydrogen-bond acceptors (Lipinski definition) is 3. The Kier molecular flexibility index (Phi) is 2.75. The third kappa shape index (κ3) is 1.73. The van der Waals surface area contributed by atoms with E-state index in [2.05, 4.69) is 5.10 Å². The van der Waals surface area contributed by atoms with E-state index in [9.17, 15) is 4.79 Å². The first-order valence-electron chi connectivity index (χ1n) is 5.35. The summed E-state index contributed by atoms with van der Waals surface area (Å²) in [5.41, 5.74) is 1.93. The van der Waals surface area contributed by atoms with E-state index >= 15 is 0 Å². The molecule has 0 aliphatic carbocycles. The van der Waals surface area contributed by atoms with Crippen molar-refractivity contribution in [2.75, 3.05) is 7.11 Å². The summed E-state index contributed by atoms with van der Waals surface area (Å²) in [6, 6.07) is 3.16. The number of carboxylic acid groups (broad SMARTS) is 1. The number of aromatic nitrogens is 2. The lowest BCUT2D eigenvalue weighted by atomic mass is 10.1. The number of aryl methyl sites for hydroxylation is 2. The number of rotatable bonds is 3. The van der Waals surface area contributed by atoms with Gasteiger partial charge in [0.15, 0.2) is 0 Å². The predicted molar refractivity (Wildman–Crippen MR) is 63.6 cm³/mol. The van der Waals surface area contributed by atoms with Crippen molar-refractivity contribution in [3.8, 4) is 5.75 Å². The van der Waals surface area contributed by atoms with Crippen LogP contribution in [0.4, 0.5) is 0 Å². The van der Waals surface area contributed by atoms with Crippen LogP contribution in [0.5, 0.6) is 5.75 Å². The summed E-state index contributed by atoms with van der Waals surface area (Å²) in [7, 11) is 3.35. The molecule has 0 radical (unpaired) electrons. The monoisotopic (exact) mass is 234 g/mol. The minimum absolute atomic E-state index is 0.219. The number of carbonyl (C=O) groups is 1. The van der Waals surface area contributed by atoms with Crippen molar-refractivity contribution in [2.45, 2.75) is 13.3 Å². The number of fused-ring (bicyclic) bond motifs is 1. The highest BCUT2D eigenvalue weighted by Gasteiger charge is 2.16. The van der Waals surface area contributed by atoms with E-state index < -0.39 is 5.97 Å². The Balaban J connectivity index is 2.84. The molecule has 2 aromatic rings. The van der Waals surface area contributed by atoms with Gasteiger partial charge in [0.2, 0.25) is 0 Å². The summed E-state index contributed by atoms with van der Waals surface area (Å²) in [5, 5.41) is 14.3. The molecule has 1 heterocycles. The molecule has 0 bridgehead atoms. The zero-order valence-corrected chi connectivity index (χ0v) is 10.0. The van der Waals surface area contributed by atoms with E-state index in [4.69, 9.17) is 9.84 Å². The summed E-state index contributed by atoms with van der Waals surface area (Å²) < 4.78 is 6.95. The van der Waals surface area contributed by atoms with Crippen molar-refractivity contribution in [2.24, 2.45) is 7.05 Å². The Morgan fingerprint density at radius 2 is 2.24 bits per heavy atom. The molecular weight excluding hydrogens is 220 g/mol. The minimum Gasteiger partial charge on any atom is -0.494 e. The summed E-state index contributed by atoms with van der Waals surface area (Å²) in [4.78, 5) is 11.0. The lowest BCUT2D eigenvalue weighted by molar-refractivity contribution is 0.0696. The lowest BCUT2D eigenvalue weighted by Crippen LogP contribution is -1.99. The molecule has 5 heteroatoms. The summed E-state index contributed by atoms with van der Waals surface area (Å²) in [5.74, 6) is -0.425. The standard InChI is InChI=1S/C12H14N2O3/c1-4-9-8-5-7(12(15)16)6-10(17-3)11(8)14(2)13-9/h5-6H,4H2,1-3H3,(H,15,16). The first-order valence-corrected chi connectivity index (χ1v) is 5.35.